The summed E-state index contributed by atoms with van der Waals surface area (Å²) in [4.78, 5) is 32.5. The Labute approximate surface area is 130 Å². The standard InChI is InChI=1S/C15H12N2O6/c1-10-3-2-4-13(14(10)17(21)22)15(18)23-9-11-5-7-12(8-6-11)16(19)20/h2-8H,9H2,1H3. The van der Waals surface area contributed by atoms with Gasteiger partial charge in [0.25, 0.3) is 11.4 Å². The van der Waals surface area contributed by atoms with E-state index in [-0.39, 0.29) is 23.5 Å². The van der Waals surface area contributed by atoms with Gasteiger partial charge in [0.05, 0.1) is 9.85 Å². The number of hydrogen-bond donors (Lipinski definition) is 0. The first-order valence-electron chi connectivity index (χ1n) is 6.54. The predicted octanol–water partition coefficient (Wildman–Crippen LogP) is 3.17. The quantitative estimate of drug-likeness (QED) is 0.475. The smallest absolute Gasteiger partial charge is 0.345 e. The molecule has 0 radical (unpaired) electrons. The Morgan fingerprint density at radius 1 is 1.04 bits per heavy atom. The fraction of sp³-hybridized carbons (Fsp3) is 0.133. The lowest BCUT2D eigenvalue weighted by atomic mass is 10.1. The minimum Gasteiger partial charge on any atom is -0.457 e. The average molecular weight is 316 g/mol. The van der Waals surface area contributed by atoms with Crippen LogP contribution in [0, 0.1) is 27.2 Å². The summed E-state index contributed by atoms with van der Waals surface area (Å²) in [6.45, 7) is 1.40. The maximum Gasteiger partial charge on any atom is 0.345 e. The lowest BCUT2D eigenvalue weighted by Crippen LogP contribution is -2.09. The molecule has 2 aromatic rings. The second-order valence-electron chi connectivity index (χ2n) is 4.73. The summed E-state index contributed by atoms with van der Waals surface area (Å²) in [6.07, 6.45) is 0. The van der Waals surface area contributed by atoms with Gasteiger partial charge in [0.1, 0.15) is 12.2 Å². The van der Waals surface area contributed by atoms with Gasteiger partial charge in [-0.05, 0) is 30.7 Å². The van der Waals surface area contributed by atoms with Crippen LogP contribution in [0.3, 0.4) is 0 Å². The topological polar surface area (TPSA) is 113 Å². The van der Waals surface area contributed by atoms with Crippen molar-refractivity contribution in [1.29, 1.82) is 0 Å². The van der Waals surface area contributed by atoms with E-state index in [1.165, 1.54) is 49.4 Å². The number of esters is 1. The maximum atomic E-state index is 12.0. The van der Waals surface area contributed by atoms with E-state index in [1.54, 1.807) is 0 Å². The number of nitro groups is 2. The van der Waals surface area contributed by atoms with E-state index < -0.39 is 15.8 Å². The highest BCUT2D eigenvalue weighted by molar-refractivity contribution is 5.94. The lowest BCUT2D eigenvalue weighted by molar-refractivity contribution is -0.385. The Hall–Kier alpha value is -3.29. The van der Waals surface area contributed by atoms with Crippen LogP contribution in [0.15, 0.2) is 42.5 Å². The van der Waals surface area contributed by atoms with Gasteiger partial charge >= 0.3 is 5.97 Å². The molecule has 0 saturated heterocycles. The minimum absolute atomic E-state index is 0.0746. The highest BCUT2D eigenvalue weighted by Crippen LogP contribution is 2.24. The summed E-state index contributed by atoms with van der Waals surface area (Å²) < 4.78 is 5.05. The van der Waals surface area contributed by atoms with Crippen LogP contribution in [0.2, 0.25) is 0 Å². The fourth-order valence-corrected chi connectivity index (χ4v) is 2.01. The van der Waals surface area contributed by atoms with Crippen molar-refractivity contribution in [2.75, 3.05) is 0 Å². The molecular weight excluding hydrogens is 304 g/mol. The van der Waals surface area contributed by atoms with Gasteiger partial charge < -0.3 is 4.74 Å². The number of nitro benzene ring substituents is 2. The first-order chi connectivity index (χ1) is 10.9. The van der Waals surface area contributed by atoms with Crippen LogP contribution in [-0.2, 0) is 11.3 Å². The van der Waals surface area contributed by atoms with Crippen molar-refractivity contribution in [3.05, 3.63) is 79.4 Å². The molecule has 0 amide bonds. The van der Waals surface area contributed by atoms with Crippen LogP contribution < -0.4 is 0 Å². The van der Waals surface area contributed by atoms with Crippen molar-refractivity contribution in [3.8, 4) is 0 Å². The molecule has 0 N–H and O–H groups in total. The summed E-state index contributed by atoms with van der Waals surface area (Å²) in [5.41, 5.74) is 0.409. The highest BCUT2D eigenvalue weighted by Gasteiger charge is 2.23. The summed E-state index contributed by atoms with van der Waals surface area (Å²) in [7, 11) is 0. The third-order valence-corrected chi connectivity index (χ3v) is 3.16. The molecule has 0 aliphatic rings. The van der Waals surface area contributed by atoms with Crippen LogP contribution in [0.5, 0.6) is 0 Å². The molecule has 0 aliphatic heterocycles. The fourth-order valence-electron chi connectivity index (χ4n) is 2.01. The normalized spacial score (nSPS) is 10.1. The summed E-state index contributed by atoms with van der Waals surface area (Å²) in [5.74, 6) is -0.821. The molecule has 0 aliphatic carbocycles. The van der Waals surface area contributed by atoms with Crippen molar-refractivity contribution < 1.29 is 19.4 Å². The summed E-state index contributed by atoms with van der Waals surface area (Å²) >= 11 is 0. The Bertz CT molecular complexity index is 770. The molecule has 0 heterocycles. The minimum atomic E-state index is -0.821. The number of carbonyl (C=O) groups is 1. The van der Waals surface area contributed by atoms with Gasteiger partial charge in [-0.25, -0.2) is 4.79 Å². The monoisotopic (exact) mass is 316 g/mol. The Balaban J connectivity index is 2.13. The Kier molecular flexibility index (Phi) is 4.65. The Morgan fingerprint density at radius 3 is 2.26 bits per heavy atom. The van der Waals surface area contributed by atoms with Gasteiger partial charge in [-0.15, -0.1) is 0 Å². The lowest BCUT2D eigenvalue weighted by Gasteiger charge is -2.06. The molecular formula is C15H12N2O6. The van der Waals surface area contributed by atoms with Crippen molar-refractivity contribution in [2.45, 2.75) is 13.5 Å². The van der Waals surface area contributed by atoms with Crippen molar-refractivity contribution in [3.63, 3.8) is 0 Å². The molecule has 8 nitrogen and oxygen atoms in total. The number of carbonyl (C=O) groups excluding carboxylic acids is 1. The average Bonchev–Trinajstić information content (AvgIpc) is 2.52. The molecule has 0 aromatic heterocycles. The van der Waals surface area contributed by atoms with Crippen LogP contribution in [-0.4, -0.2) is 15.8 Å². The second kappa shape index (κ2) is 6.65. The second-order valence-corrected chi connectivity index (χ2v) is 4.73. The van der Waals surface area contributed by atoms with Crippen LogP contribution in [0.25, 0.3) is 0 Å². The number of non-ortho nitro benzene ring substituents is 1. The van der Waals surface area contributed by atoms with Gasteiger partial charge in [0, 0.05) is 17.7 Å². The van der Waals surface area contributed by atoms with Crippen LogP contribution in [0.1, 0.15) is 21.5 Å². The van der Waals surface area contributed by atoms with Crippen LogP contribution in [0.4, 0.5) is 11.4 Å². The summed E-state index contributed by atoms with van der Waals surface area (Å²) in [5, 5.41) is 21.6. The molecule has 2 rings (SSSR count). The van der Waals surface area contributed by atoms with E-state index in [0.717, 1.165) is 0 Å². The third-order valence-electron chi connectivity index (χ3n) is 3.16. The van der Waals surface area contributed by atoms with Crippen molar-refractivity contribution in [2.24, 2.45) is 0 Å². The number of benzene rings is 2. The largest absolute Gasteiger partial charge is 0.457 e. The molecule has 8 heteroatoms. The summed E-state index contributed by atoms with van der Waals surface area (Å²) in [6, 6.07) is 9.88. The van der Waals surface area contributed by atoms with E-state index >= 15 is 0 Å². The van der Waals surface area contributed by atoms with Gasteiger partial charge in [-0.3, -0.25) is 20.2 Å². The molecule has 2 aromatic carbocycles. The van der Waals surface area contributed by atoms with Gasteiger partial charge in [-0.2, -0.15) is 0 Å². The van der Waals surface area contributed by atoms with Crippen molar-refractivity contribution >= 4 is 17.3 Å². The zero-order valence-electron chi connectivity index (χ0n) is 12.1. The van der Waals surface area contributed by atoms with Gasteiger partial charge in [0.2, 0.25) is 0 Å². The molecule has 118 valence electrons. The highest BCUT2D eigenvalue weighted by atomic mass is 16.6. The van der Waals surface area contributed by atoms with E-state index in [2.05, 4.69) is 0 Å². The SMILES string of the molecule is Cc1cccc(C(=O)OCc2ccc([N+](=O)[O-])cc2)c1[N+](=O)[O-]. The van der Waals surface area contributed by atoms with E-state index in [0.29, 0.717) is 11.1 Å². The molecule has 0 unspecified atom stereocenters. The van der Waals surface area contributed by atoms with Crippen molar-refractivity contribution in [1.82, 2.24) is 0 Å². The number of rotatable bonds is 5. The Morgan fingerprint density at radius 2 is 1.70 bits per heavy atom. The van der Waals surface area contributed by atoms with Gasteiger partial charge in [-0.1, -0.05) is 12.1 Å². The molecule has 23 heavy (non-hydrogen) atoms. The first-order valence-corrected chi connectivity index (χ1v) is 6.54. The van der Waals surface area contributed by atoms with E-state index in [9.17, 15) is 25.0 Å². The molecule has 0 bridgehead atoms. The maximum absolute atomic E-state index is 12.0. The number of ether oxygens (including phenoxy) is 1. The number of aryl methyl sites for hydroxylation is 1. The number of para-hydroxylation sites is 1. The molecule has 0 fully saturated rings. The molecule has 0 spiro atoms. The predicted molar refractivity (Wildman–Crippen MR) is 80.0 cm³/mol. The molecule has 0 saturated carbocycles. The number of hydrogen-bond acceptors (Lipinski definition) is 6. The van der Waals surface area contributed by atoms with E-state index in [4.69, 9.17) is 4.74 Å². The van der Waals surface area contributed by atoms with Gasteiger partial charge in [0.15, 0.2) is 0 Å². The zero-order chi connectivity index (χ0) is 17.0. The van der Waals surface area contributed by atoms with E-state index in [1.807, 2.05) is 0 Å². The first kappa shape index (κ1) is 16.1. The van der Waals surface area contributed by atoms with Crippen LogP contribution >= 0.6 is 0 Å². The molecule has 0 atom stereocenters. The number of nitrogens with zero attached hydrogens (tertiary/aromatic N) is 2. The third kappa shape index (κ3) is 3.67. The zero-order valence-corrected chi connectivity index (χ0v) is 12.1.